The van der Waals surface area contributed by atoms with E-state index in [0.717, 1.165) is 30.7 Å². The molecule has 3 aliphatic carbocycles. The molecule has 7 heteroatoms. The zero-order valence-electron chi connectivity index (χ0n) is 31.5. The van der Waals surface area contributed by atoms with Gasteiger partial charge in [0.2, 0.25) is 0 Å². The molecule has 4 rings (SSSR count). The molecule has 0 bridgehead atoms. The molecule has 46 heavy (non-hydrogen) atoms. The molecular formula is C39H67NO3SSi2. The lowest BCUT2D eigenvalue weighted by atomic mass is 9.60. The van der Waals surface area contributed by atoms with Crippen LogP contribution in [-0.2, 0) is 8.85 Å². The zero-order chi connectivity index (χ0) is 34.3. The van der Waals surface area contributed by atoms with Gasteiger partial charge in [-0.25, -0.2) is 4.98 Å². The van der Waals surface area contributed by atoms with Gasteiger partial charge in [0.25, 0.3) is 0 Å². The highest BCUT2D eigenvalue weighted by molar-refractivity contribution is 7.09. The molecule has 1 N–H and O–H groups in total. The first-order valence-corrected chi connectivity index (χ1v) is 24.9. The number of hydrogen-bond acceptors (Lipinski definition) is 5. The predicted octanol–water partition coefficient (Wildman–Crippen LogP) is 11.8. The van der Waals surface area contributed by atoms with E-state index in [-0.39, 0.29) is 22.3 Å². The second-order valence-electron chi connectivity index (χ2n) is 18.3. The topological polar surface area (TPSA) is 51.6 Å². The van der Waals surface area contributed by atoms with Crippen molar-refractivity contribution < 1.29 is 14.0 Å². The first-order chi connectivity index (χ1) is 21.2. The van der Waals surface area contributed by atoms with Crippen molar-refractivity contribution in [1.29, 1.82) is 0 Å². The largest absolute Gasteiger partial charge is 0.413 e. The third-order valence-electron chi connectivity index (χ3n) is 13.1. The van der Waals surface area contributed by atoms with Gasteiger partial charge in [-0.15, -0.1) is 11.3 Å². The summed E-state index contributed by atoms with van der Waals surface area (Å²) >= 11 is 1.56. The molecule has 3 saturated carbocycles. The molecule has 0 amide bonds. The summed E-state index contributed by atoms with van der Waals surface area (Å²) in [7, 11) is -3.92. The Morgan fingerprint density at radius 1 is 1.04 bits per heavy atom. The molecule has 1 aromatic heterocycles. The number of aliphatic hydroxyl groups excluding tert-OH is 1. The van der Waals surface area contributed by atoms with E-state index in [4.69, 9.17) is 8.85 Å². The Hall–Kier alpha value is -0.836. The maximum absolute atomic E-state index is 10.7. The Morgan fingerprint density at radius 3 is 2.30 bits per heavy atom. The minimum absolute atomic E-state index is 0.0159. The van der Waals surface area contributed by atoms with Gasteiger partial charge in [0.15, 0.2) is 16.6 Å². The number of aliphatic hydroxyl groups is 1. The van der Waals surface area contributed by atoms with E-state index in [2.05, 4.69) is 105 Å². The number of rotatable bonds is 10. The summed E-state index contributed by atoms with van der Waals surface area (Å²) in [5.41, 5.74) is 4.48. The van der Waals surface area contributed by atoms with Crippen molar-refractivity contribution in [2.75, 3.05) is 0 Å². The summed E-state index contributed by atoms with van der Waals surface area (Å²) in [4.78, 5) is 4.35. The van der Waals surface area contributed by atoms with E-state index in [9.17, 15) is 5.11 Å². The molecule has 0 saturated heterocycles. The Balaban J connectivity index is 1.54. The average molecular weight is 686 g/mol. The van der Waals surface area contributed by atoms with Crippen LogP contribution in [-0.4, -0.2) is 38.9 Å². The average Bonchev–Trinajstić information content (AvgIpc) is 3.59. The van der Waals surface area contributed by atoms with Crippen molar-refractivity contribution in [3.63, 3.8) is 0 Å². The molecular weight excluding hydrogens is 619 g/mol. The Morgan fingerprint density at radius 2 is 1.70 bits per heavy atom. The van der Waals surface area contributed by atoms with E-state index in [1.54, 1.807) is 23.1 Å². The summed E-state index contributed by atoms with van der Waals surface area (Å²) in [5, 5.41) is 13.8. The van der Waals surface area contributed by atoms with Crippen LogP contribution in [0.1, 0.15) is 124 Å². The fraction of sp³-hybridized carbons (Fsp3) is 0.769. The molecule has 0 aromatic carbocycles. The van der Waals surface area contributed by atoms with Crippen LogP contribution in [0.3, 0.4) is 0 Å². The smallest absolute Gasteiger partial charge is 0.192 e. The van der Waals surface area contributed by atoms with Crippen molar-refractivity contribution >= 4 is 28.0 Å². The fourth-order valence-electron chi connectivity index (χ4n) is 8.12. The van der Waals surface area contributed by atoms with Crippen molar-refractivity contribution in [2.24, 2.45) is 23.2 Å². The Bertz CT molecular complexity index is 1250. The van der Waals surface area contributed by atoms with Gasteiger partial charge < -0.3 is 14.0 Å². The molecule has 1 unspecified atom stereocenters. The molecule has 0 radical (unpaired) electrons. The normalized spacial score (nSPS) is 31.4. The van der Waals surface area contributed by atoms with Crippen LogP contribution in [0, 0.1) is 23.2 Å². The third-order valence-corrected chi connectivity index (χ3v) is 23.0. The Kier molecular flexibility index (Phi) is 11.7. The molecule has 0 spiro atoms. The maximum atomic E-state index is 10.7. The summed E-state index contributed by atoms with van der Waals surface area (Å²) in [5.74, 6) is 1.94. The molecule has 3 fully saturated rings. The van der Waals surface area contributed by atoms with E-state index < -0.39 is 22.7 Å². The third kappa shape index (κ3) is 8.30. The highest BCUT2D eigenvalue weighted by Gasteiger charge is 2.51. The summed E-state index contributed by atoms with van der Waals surface area (Å²) in [6.45, 7) is 33.2. The van der Waals surface area contributed by atoms with Crippen LogP contribution in [0.5, 0.6) is 0 Å². The van der Waals surface area contributed by atoms with Crippen molar-refractivity contribution in [3.05, 3.63) is 52.0 Å². The van der Waals surface area contributed by atoms with Gasteiger partial charge in [-0.05, 0) is 122 Å². The fourth-order valence-corrected chi connectivity index (χ4v) is 11.5. The van der Waals surface area contributed by atoms with Gasteiger partial charge in [-0.2, -0.15) is 0 Å². The zero-order valence-corrected chi connectivity index (χ0v) is 34.3. The Labute approximate surface area is 288 Å². The van der Waals surface area contributed by atoms with Crippen molar-refractivity contribution in [3.8, 4) is 0 Å². The number of thiazole rings is 1. The standard InChI is InChI=1S/C39H67NO3SSi2/c1-27(16-21-34(41)36-40-23-24-44-36)32-19-20-33-29(15-14-22-39(32,33)9)17-18-30-25-31(42-45(10,11)37(3,4)5)26-35(28(30)2)43-46(12,13)38(6,7)8/h17-18,23-24,27,31-35,41H,2,14-16,19-22,25-26H2,1,3-13H3/t27-,31-,32-,33+,34?,35+,39-/m1/s1. The van der Waals surface area contributed by atoms with Crippen molar-refractivity contribution in [2.45, 2.75) is 168 Å². The second-order valence-corrected chi connectivity index (χ2v) is 28.7. The van der Waals surface area contributed by atoms with Crippen LogP contribution in [0.4, 0.5) is 0 Å². The molecule has 7 atom stereocenters. The molecule has 0 aliphatic heterocycles. The van der Waals surface area contributed by atoms with Gasteiger partial charge in [-0.1, -0.05) is 79.7 Å². The van der Waals surface area contributed by atoms with E-state index >= 15 is 0 Å². The first-order valence-electron chi connectivity index (χ1n) is 18.2. The maximum Gasteiger partial charge on any atom is 0.192 e. The lowest BCUT2D eigenvalue weighted by Crippen LogP contribution is -2.49. The van der Waals surface area contributed by atoms with Gasteiger partial charge >= 0.3 is 0 Å². The minimum Gasteiger partial charge on any atom is -0.413 e. The molecule has 1 aromatic rings. The monoisotopic (exact) mass is 685 g/mol. The van der Waals surface area contributed by atoms with Gasteiger partial charge in [0.05, 0.1) is 12.2 Å². The number of nitrogens with zero attached hydrogens (tertiary/aromatic N) is 1. The first kappa shape index (κ1) is 38.0. The lowest BCUT2D eigenvalue weighted by Gasteiger charge is -2.46. The van der Waals surface area contributed by atoms with Crippen LogP contribution >= 0.6 is 11.3 Å². The molecule has 260 valence electrons. The molecule has 3 aliphatic rings. The quantitative estimate of drug-likeness (QED) is 0.249. The highest BCUT2D eigenvalue weighted by Crippen LogP contribution is 2.60. The number of hydrogen-bond donors (Lipinski definition) is 1. The minimum atomic E-state index is -1.99. The van der Waals surface area contributed by atoms with Crippen molar-refractivity contribution in [1.82, 2.24) is 4.98 Å². The summed E-state index contributed by atoms with van der Waals surface area (Å²) in [6, 6.07) is 0. The SMILES string of the molecule is C=C1C(=CC=C2CCC[C@]3(C)[C@@H]([C@H](C)CCC(O)c4nccs4)CC[C@@H]23)C[C@@H](O[Si](C)(C)C(C)(C)C)C[C@@H]1O[Si](C)(C)C(C)(C)C. The molecule has 4 nitrogen and oxygen atoms in total. The van der Waals surface area contributed by atoms with E-state index in [0.29, 0.717) is 23.2 Å². The van der Waals surface area contributed by atoms with Gasteiger partial charge in [0.1, 0.15) is 11.1 Å². The molecule has 1 heterocycles. The van der Waals surface area contributed by atoms with Gasteiger partial charge in [-0.3, -0.25) is 0 Å². The number of allylic oxidation sites excluding steroid dienone is 3. The second kappa shape index (κ2) is 14.2. The van der Waals surface area contributed by atoms with Gasteiger partial charge in [0, 0.05) is 18.0 Å². The lowest BCUT2D eigenvalue weighted by molar-refractivity contribution is 0.0824. The van der Waals surface area contributed by atoms with E-state index in [1.807, 2.05) is 5.38 Å². The predicted molar refractivity (Wildman–Crippen MR) is 202 cm³/mol. The van der Waals surface area contributed by atoms with Crippen LogP contribution in [0.25, 0.3) is 0 Å². The van der Waals surface area contributed by atoms with Crippen LogP contribution in [0.15, 0.2) is 47.0 Å². The number of aromatic nitrogens is 1. The highest BCUT2D eigenvalue weighted by atomic mass is 32.1. The summed E-state index contributed by atoms with van der Waals surface area (Å²) in [6.07, 6.45) is 16.5. The van der Waals surface area contributed by atoms with Crippen LogP contribution < -0.4 is 0 Å². The van der Waals surface area contributed by atoms with Crippen LogP contribution in [0.2, 0.25) is 36.3 Å². The number of fused-ring (bicyclic) bond motifs is 1. The summed E-state index contributed by atoms with van der Waals surface area (Å²) < 4.78 is 14.2. The van der Waals surface area contributed by atoms with E-state index in [1.165, 1.54) is 43.3 Å².